The van der Waals surface area contributed by atoms with Crippen molar-refractivity contribution in [2.24, 2.45) is 4.99 Å². The van der Waals surface area contributed by atoms with Crippen molar-refractivity contribution in [3.8, 4) is 5.88 Å². The lowest BCUT2D eigenvalue weighted by Crippen LogP contribution is -2.38. The Morgan fingerprint density at radius 3 is 2.78 bits per heavy atom. The van der Waals surface area contributed by atoms with Crippen molar-refractivity contribution in [2.45, 2.75) is 19.9 Å². The van der Waals surface area contributed by atoms with E-state index >= 15 is 0 Å². The highest BCUT2D eigenvalue weighted by atomic mass is 19.1. The molecule has 0 fully saturated rings. The first kappa shape index (κ1) is 20.6. The van der Waals surface area contributed by atoms with E-state index in [2.05, 4.69) is 20.6 Å². The summed E-state index contributed by atoms with van der Waals surface area (Å²) in [5, 5.41) is 6.52. The van der Waals surface area contributed by atoms with E-state index in [4.69, 9.17) is 9.47 Å². The van der Waals surface area contributed by atoms with Crippen LogP contribution in [0.15, 0.2) is 41.5 Å². The summed E-state index contributed by atoms with van der Waals surface area (Å²) in [5.41, 5.74) is 3.00. The number of benzene rings is 1. The Hall–Kier alpha value is -2.67. The topological polar surface area (TPSA) is 67.8 Å². The number of nitrogens with zero attached hydrogens (tertiary/aromatic N) is 2. The predicted octanol–water partition coefficient (Wildman–Crippen LogP) is 2.46. The molecule has 0 saturated heterocycles. The van der Waals surface area contributed by atoms with Crippen LogP contribution in [0.5, 0.6) is 5.88 Å². The normalized spacial score (nSPS) is 11.3. The molecule has 1 aromatic heterocycles. The fourth-order valence-electron chi connectivity index (χ4n) is 2.57. The minimum absolute atomic E-state index is 0.207. The van der Waals surface area contributed by atoms with Gasteiger partial charge in [0.15, 0.2) is 5.96 Å². The Morgan fingerprint density at radius 2 is 2.04 bits per heavy atom. The lowest BCUT2D eigenvalue weighted by atomic mass is 10.1. The number of ether oxygens (including phenoxy) is 2. The van der Waals surface area contributed by atoms with E-state index in [1.54, 1.807) is 26.4 Å². The molecule has 2 aromatic rings. The number of aliphatic imine (C=N–C) groups is 1. The van der Waals surface area contributed by atoms with E-state index in [1.807, 2.05) is 25.1 Å². The zero-order valence-corrected chi connectivity index (χ0v) is 16.1. The molecule has 1 aromatic carbocycles. The van der Waals surface area contributed by atoms with Crippen LogP contribution in [0.4, 0.5) is 4.39 Å². The SMILES string of the molecule is CN=C(NCCc1ccc(F)cc1C)NCc1cccnc1OCCOC. The molecule has 146 valence electrons. The molecule has 27 heavy (non-hydrogen) atoms. The maximum absolute atomic E-state index is 13.2. The second kappa shape index (κ2) is 11.1. The maximum atomic E-state index is 13.2. The van der Waals surface area contributed by atoms with Gasteiger partial charge in [0, 0.05) is 39.0 Å². The highest BCUT2D eigenvalue weighted by Crippen LogP contribution is 2.14. The van der Waals surface area contributed by atoms with Crippen molar-refractivity contribution < 1.29 is 13.9 Å². The number of methoxy groups -OCH3 is 1. The summed E-state index contributed by atoms with van der Waals surface area (Å²) in [7, 11) is 3.35. The number of hydrogen-bond acceptors (Lipinski definition) is 4. The molecule has 0 unspecified atom stereocenters. The Balaban J connectivity index is 1.83. The van der Waals surface area contributed by atoms with Crippen LogP contribution in [-0.2, 0) is 17.7 Å². The van der Waals surface area contributed by atoms with Crippen molar-refractivity contribution in [1.29, 1.82) is 0 Å². The third-order valence-corrected chi connectivity index (χ3v) is 4.04. The Labute approximate surface area is 159 Å². The van der Waals surface area contributed by atoms with E-state index in [-0.39, 0.29) is 5.82 Å². The zero-order valence-electron chi connectivity index (χ0n) is 16.1. The van der Waals surface area contributed by atoms with Gasteiger partial charge in [0.2, 0.25) is 5.88 Å². The Kier molecular flexibility index (Phi) is 8.51. The van der Waals surface area contributed by atoms with Gasteiger partial charge in [-0.2, -0.15) is 0 Å². The maximum Gasteiger partial charge on any atom is 0.218 e. The van der Waals surface area contributed by atoms with Crippen molar-refractivity contribution in [1.82, 2.24) is 15.6 Å². The number of pyridine rings is 1. The van der Waals surface area contributed by atoms with Crippen LogP contribution in [0.1, 0.15) is 16.7 Å². The number of halogens is 1. The molecule has 0 bridgehead atoms. The monoisotopic (exact) mass is 374 g/mol. The standard InChI is InChI=1S/C20H27FN4O2/c1-15-13-18(21)7-6-16(15)8-10-24-20(22-2)25-14-17-5-4-9-23-19(17)27-12-11-26-3/h4-7,9,13H,8,10-12,14H2,1-3H3,(H2,22,24,25). The predicted molar refractivity (Wildman–Crippen MR) is 105 cm³/mol. The van der Waals surface area contributed by atoms with Crippen LogP contribution in [0.3, 0.4) is 0 Å². The smallest absolute Gasteiger partial charge is 0.218 e. The largest absolute Gasteiger partial charge is 0.475 e. The van der Waals surface area contributed by atoms with Gasteiger partial charge in [-0.3, -0.25) is 4.99 Å². The summed E-state index contributed by atoms with van der Waals surface area (Å²) in [6, 6.07) is 8.69. The van der Waals surface area contributed by atoms with Crippen LogP contribution in [0, 0.1) is 12.7 Å². The van der Waals surface area contributed by atoms with Gasteiger partial charge in [0.1, 0.15) is 12.4 Å². The molecule has 2 N–H and O–H groups in total. The fraction of sp³-hybridized carbons (Fsp3) is 0.400. The van der Waals surface area contributed by atoms with Gasteiger partial charge >= 0.3 is 0 Å². The van der Waals surface area contributed by atoms with Gasteiger partial charge in [0.05, 0.1) is 6.61 Å². The Bertz CT molecular complexity index is 753. The summed E-state index contributed by atoms with van der Waals surface area (Å²) in [6.07, 6.45) is 2.48. The van der Waals surface area contributed by atoms with E-state index in [1.165, 1.54) is 6.07 Å². The van der Waals surface area contributed by atoms with Gasteiger partial charge in [-0.1, -0.05) is 12.1 Å². The first-order valence-electron chi connectivity index (χ1n) is 8.89. The van der Waals surface area contributed by atoms with Crippen molar-refractivity contribution in [3.05, 3.63) is 59.0 Å². The molecule has 6 nitrogen and oxygen atoms in total. The molecule has 2 rings (SSSR count). The van der Waals surface area contributed by atoms with Gasteiger partial charge < -0.3 is 20.1 Å². The van der Waals surface area contributed by atoms with Crippen LogP contribution >= 0.6 is 0 Å². The number of aromatic nitrogens is 1. The van der Waals surface area contributed by atoms with Gasteiger partial charge in [-0.05, 0) is 42.7 Å². The summed E-state index contributed by atoms with van der Waals surface area (Å²) < 4.78 is 23.8. The second-order valence-electron chi connectivity index (χ2n) is 5.98. The minimum Gasteiger partial charge on any atom is -0.475 e. The number of hydrogen-bond donors (Lipinski definition) is 2. The number of nitrogens with one attached hydrogen (secondary N) is 2. The molecule has 0 amide bonds. The first-order valence-corrected chi connectivity index (χ1v) is 8.89. The van der Waals surface area contributed by atoms with Crippen LogP contribution in [0.2, 0.25) is 0 Å². The molecule has 0 aliphatic heterocycles. The van der Waals surface area contributed by atoms with E-state index in [0.29, 0.717) is 38.1 Å². The molecule has 7 heteroatoms. The summed E-state index contributed by atoms with van der Waals surface area (Å²) in [4.78, 5) is 8.49. The molecular weight excluding hydrogens is 347 g/mol. The first-order chi connectivity index (χ1) is 13.1. The molecule has 0 saturated carbocycles. The molecule has 1 heterocycles. The average molecular weight is 374 g/mol. The lowest BCUT2D eigenvalue weighted by molar-refractivity contribution is 0.143. The number of aryl methyl sites for hydroxylation is 1. The average Bonchev–Trinajstić information content (AvgIpc) is 2.67. The summed E-state index contributed by atoms with van der Waals surface area (Å²) >= 11 is 0. The Morgan fingerprint density at radius 1 is 1.19 bits per heavy atom. The highest BCUT2D eigenvalue weighted by Gasteiger charge is 2.06. The number of guanidine groups is 1. The van der Waals surface area contributed by atoms with E-state index in [9.17, 15) is 4.39 Å². The van der Waals surface area contributed by atoms with Crippen LogP contribution in [0.25, 0.3) is 0 Å². The minimum atomic E-state index is -0.207. The quantitative estimate of drug-likeness (QED) is 0.401. The van der Waals surface area contributed by atoms with E-state index < -0.39 is 0 Å². The third kappa shape index (κ3) is 6.86. The zero-order chi connectivity index (χ0) is 19.5. The van der Waals surface area contributed by atoms with E-state index in [0.717, 1.165) is 23.1 Å². The van der Waals surface area contributed by atoms with Crippen LogP contribution < -0.4 is 15.4 Å². The molecule has 0 radical (unpaired) electrons. The van der Waals surface area contributed by atoms with Gasteiger partial charge in [-0.25, -0.2) is 9.37 Å². The second-order valence-corrected chi connectivity index (χ2v) is 5.98. The van der Waals surface area contributed by atoms with Crippen molar-refractivity contribution in [2.75, 3.05) is 33.9 Å². The fourth-order valence-corrected chi connectivity index (χ4v) is 2.57. The number of rotatable bonds is 9. The van der Waals surface area contributed by atoms with Crippen molar-refractivity contribution >= 4 is 5.96 Å². The molecular formula is C20H27FN4O2. The van der Waals surface area contributed by atoms with Crippen LogP contribution in [-0.4, -0.2) is 44.9 Å². The van der Waals surface area contributed by atoms with Gasteiger partial charge in [-0.15, -0.1) is 0 Å². The molecule has 0 aliphatic carbocycles. The summed E-state index contributed by atoms with van der Waals surface area (Å²) in [6.45, 7) is 4.10. The highest BCUT2D eigenvalue weighted by molar-refractivity contribution is 5.79. The van der Waals surface area contributed by atoms with Crippen molar-refractivity contribution in [3.63, 3.8) is 0 Å². The lowest BCUT2D eigenvalue weighted by Gasteiger charge is -2.14. The molecule has 0 aliphatic rings. The van der Waals surface area contributed by atoms with Gasteiger partial charge in [0.25, 0.3) is 0 Å². The molecule has 0 spiro atoms. The summed E-state index contributed by atoms with van der Waals surface area (Å²) in [5.74, 6) is 1.06. The molecule has 0 atom stereocenters. The third-order valence-electron chi connectivity index (χ3n) is 4.04.